The average molecular weight is 482 g/mol. The second-order valence-electron chi connectivity index (χ2n) is 7.47. The lowest BCUT2D eigenvalue weighted by atomic mass is 9.81. The lowest BCUT2D eigenvalue weighted by Gasteiger charge is -2.23. The maximum Gasteiger partial charge on any atom is 0.320 e. The molecule has 0 bridgehead atoms. The first-order valence-electron chi connectivity index (χ1n) is 10.5. The summed E-state index contributed by atoms with van der Waals surface area (Å²) in [6.45, 7) is 0.284. The Kier molecular flexibility index (Phi) is 8.76. The van der Waals surface area contributed by atoms with Crippen molar-refractivity contribution in [3.05, 3.63) is 94.8 Å². The lowest BCUT2D eigenvalue weighted by Crippen LogP contribution is -2.33. The maximum atomic E-state index is 13.0. The van der Waals surface area contributed by atoms with Gasteiger partial charge in [0.15, 0.2) is 11.7 Å². The minimum atomic E-state index is -1.30. The molecular weight excluding hydrogens is 458 g/mol. The molecule has 0 aliphatic rings. The third-order valence-electron chi connectivity index (χ3n) is 5.32. The van der Waals surface area contributed by atoms with Crippen molar-refractivity contribution in [3.63, 3.8) is 0 Å². The fourth-order valence-electron chi connectivity index (χ4n) is 3.52. The molecule has 0 spiro atoms. The van der Waals surface area contributed by atoms with Crippen molar-refractivity contribution >= 4 is 29.3 Å². The fraction of sp³-hybridized carbons (Fsp3) is 0.231. The van der Waals surface area contributed by atoms with Crippen molar-refractivity contribution in [2.75, 3.05) is 14.2 Å². The Morgan fingerprint density at radius 3 is 2.09 bits per heavy atom. The monoisotopic (exact) mass is 481 g/mol. The molecule has 2 aromatic carbocycles. The van der Waals surface area contributed by atoms with Crippen molar-refractivity contribution < 1.29 is 28.6 Å². The van der Waals surface area contributed by atoms with Crippen LogP contribution < -0.4 is 4.74 Å². The first kappa shape index (κ1) is 24.9. The zero-order valence-corrected chi connectivity index (χ0v) is 19.5. The van der Waals surface area contributed by atoms with Crippen LogP contribution in [0.25, 0.3) is 0 Å². The molecule has 8 heteroatoms. The molecule has 1 unspecified atom stereocenters. The van der Waals surface area contributed by atoms with Gasteiger partial charge in [-0.25, -0.2) is 4.98 Å². The van der Waals surface area contributed by atoms with E-state index in [1.54, 1.807) is 66.9 Å². The third-order valence-corrected chi connectivity index (χ3v) is 5.54. The molecule has 0 radical (unpaired) electrons. The molecule has 0 saturated heterocycles. The number of hydrogen-bond acceptors (Lipinski definition) is 7. The summed E-state index contributed by atoms with van der Waals surface area (Å²) in [5.74, 6) is -3.27. The van der Waals surface area contributed by atoms with Crippen LogP contribution in [0.5, 0.6) is 5.75 Å². The van der Waals surface area contributed by atoms with Crippen LogP contribution in [0.15, 0.2) is 72.9 Å². The van der Waals surface area contributed by atoms with Crippen LogP contribution in [0, 0.1) is 5.92 Å². The molecule has 0 amide bonds. The Labute approximate surface area is 202 Å². The van der Waals surface area contributed by atoms with Crippen molar-refractivity contribution in [3.8, 4) is 5.75 Å². The molecule has 0 N–H and O–H groups in total. The number of carbonyl (C=O) groups is 3. The van der Waals surface area contributed by atoms with Gasteiger partial charge in [-0.2, -0.15) is 0 Å². The molecule has 1 heterocycles. The average Bonchev–Trinajstić information content (AvgIpc) is 2.88. The highest BCUT2D eigenvalue weighted by Gasteiger charge is 2.39. The highest BCUT2D eigenvalue weighted by Crippen LogP contribution is 2.33. The van der Waals surface area contributed by atoms with Gasteiger partial charge in [0.1, 0.15) is 17.5 Å². The Morgan fingerprint density at radius 2 is 1.53 bits per heavy atom. The van der Waals surface area contributed by atoms with Crippen LogP contribution in [0.3, 0.4) is 0 Å². The normalized spacial score (nSPS) is 11.5. The van der Waals surface area contributed by atoms with Gasteiger partial charge in [0.05, 0.1) is 14.2 Å². The number of esters is 2. The number of methoxy groups -OCH3 is 2. The topological polar surface area (TPSA) is 91.8 Å². The Morgan fingerprint density at radius 1 is 0.882 bits per heavy atom. The SMILES string of the molecule is COC(=O)C(C(=O)OC)C(CC(=O)c1ccccc1)c1ccc(OCc2ccc(Cl)nc2)cc1. The number of rotatable bonds is 10. The Bertz CT molecular complexity index is 1100. The molecular formula is C26H24ClNO6. The molecule has 0 fully saturated rings. The molecule has 0 aliphatic carbocycles. The van der Waals surface area contributed by atoms with E-state index in [0.29, 0.717) is 22.0 Å². The first-order valence-corrected chi connectivity index (χ1v) is 10.9. The number of halogens is 1. The number of benzene rings is 2. The molecule has 176 valence electrons. The van der Waals surface area contributed by atoms with Gasteiger partial charge in [-0.05, 0) is 23.8 Å². The molecule has 1 atom stereocenters. The van der Waals surface area contributed by atoms with Gasteiger partial charge in [0.25, 0.3) is 0 Å². The van der Waals surface area contributed by atoms with Crippen LogP contribution in [0.1, 0.15) is 33.8 Å². The number of Topliss-reactive ketones (excluding diaryl/α,β-unsaturated/α-hetero) is 1. The standard InChI is InChI=1S/C26H24ClNO6/c1-32-25(30)24(26(31)33-2)21(14-22(29)19-6-4-3-5-7-19)18-9-11-20(12-10-18)34-16-17-8-13-23(27)28-15-17/h3-13,15,21,24H,14,16H2,1-2H3. The summed E-state index contributed by atoms with van der Waals surface area (Å²) in [6.07, 6.45) is 1.54. The second-order valence-corrected chi connectivity index (χ2v) is 7.86. The van der Waals surface area contributed by atoms with E-state index in [-0.39, 0.29) is 18.8 Å². The molecule has 1 aromatic heterocycles. The summed E-state index contributed by atoms with van der Waals surface area (Å²) >= 11 is 5.80. The molecule has 7 nitrogen and oxygen atoms in total. The van der Waals surface area contributed by atoms with Gasteiger partial charge < -0.3 is 14.2 Å². The summed E-state index contributed by atoms with van der Waals surface area (Å²) in [4.78, 5) is 42.0. The minimum Gasteiger partial charge on any atom is -0.489 e. The van der Waals surface area contributed by atoms with E-state index in [0.717, 1.165) is 5.56 Å². The van der Waals surface area contributed by atoms with Crippen molar-refractivity contribution in [2.45, 2.75) is 18.9 Å². The molecule has 0 aliphatic heterocycles. The van der Waals surface area contributed by atoms with E-state index < -0.39 is 23.8 Å². The minimum absolute atomic E-state index is 0.0878. The molecule has 0 saturated carbocycles. The van der Waals surface area contributed by atoms with Gasteiger partial charge in [-0.1, -0.05) is 60.1 Å². The Hall–Kier alpha value is -3.71. The molecule has 3 aromatic rings. The lowest BCUT2D eigenvalue weighted by molar-refractivity contribution is -0.159. The first-order chi connectivity index (χ1) is 16.4. The van der Waals surface area contributed by atoms with Gasteiger partial charge in [-0.15, -0.1) is 0 Å². The maximum absolute atomic E-state index is 13.0. The van der Waals surface area contributed by atoms with Gasteiger partial charge >= 0.3 is 11.9 Å². The van der Waals surface area contributed by atoms with Crippen LogP contribution >= 0.6 is 11.6 Å². The van der Waals surface area contributed by atoms with Crippen LogP contribution in [0.2, 0.25) is 5.15 Å². The van der Waals surface area contributed by atoms with Crippen molar-refractivity contribution in [1.29, 1.82) is 0 Å². The number of pyridine rings is 1. The number of aromatic nitrogens is 1. The third kappa shape index (κ3) is 6.42. The predicted molar refractivity (Wildman–Crippen MR) is 126 cm³/mol. The van der Waals surface area contributed by atoms with E-state index in [1.807, 2.05) is 6.07 Å². The van der Waals surface area contributed by atoms with Gasteiger partial charge in [-0.3, -0.25) is 14.4 Å². The largest absolute Gasteiger partial charge is 0.489 e. The number of hydrogen-bond donors (Lipinski definition) is 0. The highest BCUT2D eigenvalue weighted by molar-refractivity contribution is 6.29. The van der Waals surface area contributed by atoms with Gasteiger partial charge in [0, 0.05) is 29.7 Å². The highest BCUT2D eigenvalue weighted by atomic mass is 35.5. The summed E-state index contributed by atoms with van der Waals surface area (Å²) < 4.78 is 15.5. The fourth-order valence-corrected chi connectivity index (χ4v) is 3.63. The van der Waals surface area contributed by atoms with E-state index in [4.69, 9.17) is 25.8 Å². The Balaban J connectivity index is 1.85. The number of ketones is 1. The number of carbonyl (C=O) groups excluding carboxylic acids is 3. The predicted octanol–water partition coefficient (Wildman–Crippen LogP) is 4.63. The smallest absolute Gasteiger partial charge is 0.320 e. The summed E-state index contributed by atoms with van der Waals surface area (Å²) in [6, 6.07) is 19.0. The molecule has 3 rings (SSSR count). The van der Waals surface area contributed by atoms with E-state index >= 15 is 0 Å². The van der Waals surface area contributed by atoms with E-state index in [2.05, 4.69) is 4.98 Å². The summed E-state index contributed by atoms with van der Waals surface area (Å²) in [5, 5.41) is 0.398. The molecule has 34 heavy (non-hydrogen) atoms. The van der Waals surface area contributed by atoms with E-state index in [9.17, 15) is 14.4 Å². The number of nitrogens with zero attached hydrogens (tertiary/aromatic N) is 1. The van der Waals surface area contributed by atoms with Crippen molar-refractivity contribution in [1.82, 2.24) is 4.98 Å². The van der Waals surface area contributed by atoms with E-state index in [1.165, 1.54) is 14.2 Å². The number of ether oxygens (including phenoxy) is 3. The summed E-state index contributed by atoms with van der Waals surface area (Å²) in [5.41, 5.74) is 1.93. The zero-order valence-electron chi connectivity index (χ0n) is 18.8. The van der Waals surface area contributed by atoms with Crippen LogP contribution in [-0.2, 0) is 25.7 Å². The second kappa shape index (κ2) is 12.0. The quantitative estimate of drug-likeness (QED) is 0.180. The summed E-state index contributed by atoms with van der Waals surface area (Å²) in [7, 11) is 2.38. The van der Waals surface area contributed by atoms with Crippen LogP contribution in [-0.4, -0.2) is 36.9 Å². The van der Waals surface area contributed by atoms with Crippen molar-refractivity contribution in [2.24, 2.45) is 5.92 Å². The van der Waals surface area contributed by atoms with Crippen LogP contribution in [0.4, 0.5) is 0 Å². The zero-order chi connectivity index (χ0) is 24.5. The van der Waals surface area contributed by atoms with Gasteiger partial charge in [0.2, 0.25) is 0 Å².